The highest BCUT2D eigenvalue weighted by molar-refractivity contribution is 5.94. The van der Waals surface area contributed by atoms with E-state index in [9.17, 15) is 4.79 Å². The number of carbonyl (C=O) groups excluding carboxylic acids is 1. The number of hydrogen-bond acceptors (Lipinski definition) is 5. The Bertz CT molecular complexity index is 716. The predicted molar refractivity (Wildman–Crippen MR) is 101 cm³/mol. The van der Waals surface area contributed by atoms with Crippen molar-refractivity contribution in [1.29, 1.82) is 0 Å². The molecule has 1 saturated heterocycles. The van der Waals surface area contributed by atoms with E-state index in [1.807, 2.05) is 43.3 Å². The second-order valence-electron chi connectivity index (χ2n) is 6.80. The van der Waals surface area contributed by atoms with Crippen LogP contribution in [0.15, 0.2) is 36.4 Å². The largest absolute Gasteiger partial charge is 0.383 e. The lowest BCUT2D eigenvalue weighted by atomic mass is 10.1. The minimum atomic E-state index is -0.0260. The highest BCUT2D eigenvalue weighted by Gasteiger charge is 2.22. The monoisotopic (exact) mass is 354 g/mol. The Morgan fingerprint density at radius 1 is 1.23 bits per heavy atom. The Labute approximate surface area is 154 Å². The Kier molecular flexibility index (Phi) is 6.30. The predicted octanol–water partition coefficient (Wildman–Crippen LogP) is 2.15. The molecule has 138 valence electrons. The van der Waals surface area contributed by atoms with Gasteiger partial charge in [0.2, 0.25) is 0 Å². The van der Waals surface area contributed by atoms with E-state index in [4.69, 9.17) is 4.74 Å². The molecule has 3 rings (SSSR count). The van der Waals surface area contributed by atoms with Crippen LogP contribution in [0.3, 0.4) is 0 Å². The van der Waals surface area contributed by atoms with Crippen LogP contribution >= 0.6 is 0 Å². The minimum absolute atomic E-state index is 0.0260. The zero-order valence-electron chi connectivity index (χ0n) is 15.4. The van der Waals surface area contributed by atoms with E-state index in [1.165, 1.54) is 0 Å². The van der Waals surface area contributed by atoms with Crippen LogP contribution in [0.5, 0.6) is 0 Å². The summed E-state index contributed by atoms with van der Waals surface area (Å²) >= 11 is 0. The number of aryl methyl sites for hydroxylation is 1. The molecule has 1 aromatic heterocycles. The van der Waals surface area contributed by atoms with Crippen LogP contribution < -0.4 is 5.32 Å². The van der Waals surface area contributed by atoms with Crippen molar-refractivity contribution in [1.82, 2.24) is 20.4 Å². The number of rotatable bonds is 7. The first-order chi connectivity index (χ1) is 12.7. The lowest BCUT2D eigenvalue weighted by Crippen LogP contribution is -2.31. The van der Waals surface area contributed by atoms with Crippen molar-refractivity contribution in [2.75, 3.05) is 39.9 Å². The number of nitrogens with zero attached hydrogens (tertiary/aromatic N) is 3. The van der Waals surface area contributed by atoms with Gasteiger partial charge in [0, 0.05) is 37.9 Å². The fourth-order valence-corrected chi connectivity index (χ4v) is 3.19. The molecule has 0 unspecified atom stereocenters. The topological polar surface area (TPSA) is 67.3 Å². The number of ether oxygens (including phenoxy) is 1. The zero-order chi connectivity index (χ0) is 18.4. The van der Waals surface area contributed by atoms with E-state index in [1.54, 1.807) is 7.11 Å². The molecule has 1 aliphatic heterocycles. The van der Waals surface area contributed by atoms with Crippen LogP contribution in [0.25, 0.3) is 11.3 Å². The molecular formula is C20H26N4O2. The van der Waals surface area contributed by atoms with Gasteiger partial charge < -0.3 is 15.0 Å². The van der Waals surface area contributed by atoms with Crippen molar-refractivity contribution in [2.24, 2.45) is 5.92 Å². The van der Waals surface area contributed by atoms with Crippen LogP contribution in [-0.4, -0.2) is 60.9 Å². The number of carbonyl (C=O) groups is 1. The normalized spacial score (nSPS) is 17.4. The van der Waals surface area contributed by atoms with E-state index in [0.717, 1.165) is 49.6 Å². The van der Waals surface area contributed by atoms with Gasteiger partial charge in [-0.3, -0.25) is 4.79 Å². The molecule has 1 amide bonds. The van der Waals surface area contributed by atoms with Gasteiger partial charge in [0.05, 0.1) is 18.0 Å². The molecule has 0 aliphatic carbocycles. The average molecular weight is 354 g/mol. The van der Waals surface area contributed by atoms with Crippen LogP contribution in [-0.2, 0) is 4.74 Å². The second-order valence-corrected chi connectivity index (χ2v) is 6.80. The van der Waals surface area contributed by atoms with Gasteiger partial charge in [0.1, 0.15) is 0 Å². The first kappa shape index (κ1) is 18.5. The van der Waals surface area contributed by atoms with Crippen molar-refractivity contribution in [3.8, 4) is 11.3 Å². The third-order valence-corrected chi connectivity index (χ3v) is 4.77. The lowest BCUT2D eigenvalue weighted by Gasteiger charge is -2.15. The number of amides is 1. The Morgan fingerprint density at radius 2 is 2.04 bits per heavy atom. The van der Waals surface area contributed by atoms with Gasteiger partial charge in [-0.05, 0) is 50.1 Å². The summed E-state index contributed by atoms with van der Waals surface area (Å²) in [6.45, 7) is 6.45. The maximum absolute atomic E-state index is 12.4. The average Bonchev–Trinajstić information content (AvgIpc) is 3.13. The van der Waals surface area contributed by atoms with E-state index in [2.05, 4.69) is 20.4 Å². The van der Waals surface area contributed by atoms with E-state index < -0.39 is 0 Å². The van der Waals surface area contributed by atoms with Crippen molar-refractivity contribution in [3.05, 3.63) is 47.7 Å². The van der Waals surface area contributed by atoms with Crippen molar-refractivity contribution in [2.45, 2.75) is 13.3 Å². The van der Waals surface area contributed by atoms with Crippen LogP contribution in [0.1, 0.15) is 22.5 Å². The van der Waals surface area contributed by atoms with Crippen LogP contribution in [0.2, 0.25) is 0 Å². The highest BCUT2D eigenvalue weighted by Crippen LogP contribution is 2.18. The van der Waals surface area contributed by atoms with Gasteiger partial charge in [-0.1, -0.05) is 12.1 Å². The van der Waals surface area contributed by atoms with Crippen LogP contribution in [0, 0.1) is 12.8 Å². The van der Waals surface area contributed by atoms with Gasteiger partial charge in [-0.25, -0.2) is 0 Å². The van der Waals surface area contributed by atoms with Crippen molar-refractivity contribution in [3.63, 3.8) is 0 Å². The fraction of sp³-hybridized carbons (Fsp3) is 0.450. The smallest absolute Gasteiger partial charge is 0.251 e. The lowest BCUT2D eigenvalue weighted by molar-refractivity contribution is 0.0946. The SMILES string of the molecule is COCCN1CC[C@@H](CNC(=O)c2ccc(-c3ccc(C)nn3)cc2)C1. The number of nitrogens with one attached hydrogen (secondary N) is 1. The summed E-state index contributed by atoms with van der Waals surface area (Å²) in [7, 11) is 1.73. The fourth-order valence-electron chi connectivity index (χ4n) is 3.19. The molecular weight excluding hydrogens is 328 g/mol. The van der Waals surface area contributed by atoms with Gasteiger partial charge in [0.15, 0.2) is 0 Å². The maximum Gasteiger partial charge on any atom is 0.251 e. The maximum atomic E-state index is 12.4. The first-order valence-electron chi connectivity index (χ1n) is 9.06. The van der Waals surface area contributed by atoms with Gasteiger partial charge in [-0.15, -0.1) is 0 Å². The molecule has 6 nitrogen and oxygen atoms in total. The molecule has 1 fully saturated rings. The summed E-state index contributed by atoms with van der Waals surface area (Å²) in [6, 6.07) is 11.4. The molecule has 26 heavy (non-hydrogen) atoms. The van der Waals surface area contributed by atoms with Crippen molar-refractivity contribution >= 4 is 5.91 Å². The minimum Gasteiger partial charge on any atom is -0.383 e. The summed E-state index contributed by atoms with van der Waals surface area (Å²) in [5, 5.41) is 11.3. The quantitative estimate of drug-likeness (QED) is 0.825. The van der Waals surface area contributed by atoms with Gasteiger partial charge in [-0.2, -0.15) is 10.2 Å². The molecule has 1 N–H and O–H groups in total. The molecule has 0 spiro atoms. The first-order valence-corrected chi connectivity index (χ1v) is 9.06. The standard InChI is InChI=1S/C20H26N4O2/c1-15-3-8-19(23-22-15)17-4-6-18(7-5-17)20(25)21-13-16-9-10-24(14-16)11-12-26-2/h3-8,16H,9-14H2,1-2H3,(H,21,25)/t16-/m0/s1. The van der Waals surface area contributed by atoms with E-state index in [-0.39, 0.29) is 5.91 Å². The highest BCUT2D eigenvalue weighted by atomic mass is 16.5. The molecule has 0 radical (unpaired) electrons. The molecule has 2 heterocycles. The molecule has 0 bridgehead atoms. The number of hydrogen-bond donors (Lipinski definition) is 1. The summed E-state index contributed by atoms with van der Waals surface area (Å²) in [4.78, 5) is 14.8. The summed E-state index contributed by atoms with van der Waals surface area (Å²) in [5.41, 5.74) is 3.32. The molecule has 1 aromatic carbocycles. The van der Waals surface area contributed by atoms with Gasteiger partial charge in [0.25, 0.3) is 5.91 Å². The second kappa shape index (κ2) is 8.87. The number of aromatic nitrogens is 2. The molecule has 2 aromatic rings. The van der Waals surface area contributed by atoms with Crippen molar-refractivity contribution < 1.29 is 9.53 Å². The summed E-state index contributed by atoms with van der Waals surface area (Å²) in [6.07, 6.45) is 1.12. The molecule has 0 saturated carbocycles. The Morgan fingerprint density at radius 3 is 2.73 bits per heavy atom. The third-order valence-electron chi connectivity index (χ3n) is 4.77. The molecule has 1 atom stereocenters. The van der Waals surface area contributed by atoms with E-state index >= 15 is 0 Å². The zero-order valence-corrected chi connectivity index (χ0v) is 15.4. The summed E-state index contributed by atoms with van der Waals surface area (Å²) in [5.74, 6) is 0.486. The number of methoxy groups -OCH3 is 1. The van der Waals surface area contributed by atoms with Crippen LogP contribution in [0.4, 0.5) is 0 Å². The molecule has 1 aliphatic rings. The Hall–Kier alpha value is -2.31. The Balaban J connectivity index is 1.50. The van der Waals surface area contributed by atoms with Gasteiger partial charge >= 0.3 is 0 Å². The van der Waals surface area contributed by atoms with E-state index in [0.29, 0.717) is 18.0 Å². The third kappa shape index (κ3) is 4.86. The summed E-state index contributed by atoms with van der Waals surface area (Å²) < 4.78 is 5.12. The number of likely N-dealkylation sites (tertiary alicyclic amines) is 1. The number of benzene rings is 1. The molecule has 6 heteroatoms.